The Balaban J connectivity index is 2.10. The van der Waals surface area contributed by atoms with Crippen molar-refractivity contribution >= 4 is 25.9 Å². The quantitative estimate of drug-likeness (QED) is 0.295. The molecular formula is C13H19FN3O8PS. The molecular weight excluding hydrogens is 408 g/mol. The number of aliphatic carboxylic acids is 1. The van der Waals surface area contributed by atoms with Crippen molar-refractivity contribution < 1.29 is 38.1 Å². The Morgan fingerprint density at radius 3 is 2.85 bits per heavy atom. The fourth-order valence-corrected chi connectivity index (χ4v) is 3.62. The van der Waals surface area contributed by atoms with E-state index in [0.29, 0.717) is 0 Å². The lowest BCUT2D eigenvalue weighted by Crippen LogP contribution is -2.34. The van der Waals surface area contributed by atoms with Crippen LogP contribution in [0.2, 0.25) is 0 Å². The number of carboxylic acid groups (broad SMARTS) is 1. The van der Waals surface area contributed by atoms with Gasteiger partial charge in [-0.2, -0.15) is 0 Å². The molecule has 0 aromatic carbocycles. The van der Waals surface area contributed by atoms with Gasteiger partial charge in [-0.1, -0.05) is 0 Å². The lowest BCUT2D eigenvalue weighted by molar-refractivity contribution is -0.138. The summed E-state index contributed by atoms with van der Waals surface area (Å²) in [7, 11) is -4.54. The average Bonchev–Trinajstić information content (AvgIpc) is 2.84. The minimum atomic E-state index is -4.54. The number of aromatic amines is 1. The molecule has 11 nitrogen and oxygen atoms in total. The molecule has 6 atom stereocenters. The number of H-pyrrole nitrogens is 1. The average molecular weight is 427 g/mol. The summed E-state index contributed by atoms with van der Waals surface area (Å²) in [5.74, 6) is -1.38. The van der Waals surface area contributed by atoms with Crippen molar-refractivity contribution in [2.24, 2.45) is 0 Å². The predicted octanol–water partition coefficient (Wildman–Crippen LogP) is -0.00959. The molecule has 0 radical (unpaired) electrons. The van der Waals surface area contributed by atoms with Crippen LogP contribution in [0.1, 0.15) is 18.7 Å². The van der Waals surface area contributed by atoms with Gasteiger partial charge in [-0.05, 0) is 26.1 Å². The Bertz CT molecular complexity index is 876. The largest absolute Gasteiger partial charge is 0.480 e. The van der Waals surface area contributed by atoms with Crippen LogP contribution in [-0.4, -0.2) is 61.7 Å². The van der Waals surface area contributed by atoms with E-state index in [1.165, 1.54) is 13.1 Å². The van der Waals surface area contributed by atoms with Crippen LogP contribution in [0.4, 0.5) is 4.39 Å². The SMILES string of the molecule is Cc1cn([C@H]2O[C@@H](COP(=O)(O)N[C@@H](C)C(=O)O)[C@@H](O)C2F)c(=S)[nH]c1=O. The first kappa shape index (κ1) is 21.8. The highest BCUT2D eigenvalue weighted by Crippen LogP contribution is 2.40. The minimum absolute atomic E-state index is 0.128. The number of rotatable bonds is 7. The fourth-order valence-electron chi connectivity index (χ4n) is 2.35. The second-order valence-corrected chi connectivity index (χ2v) is 7.93. The Labute approximate surface area is 157 Å². The van der Waals surface area contributed by atoms with E-state index in [1.807, 2.05) is 5.09 Å². The topological polar surface area (TPSA) is 163 Å². The molecule has 0 spiro atoms. The number of hydrogen-bond acceptors (Lipinski definition) is 7. The standard InChI is InChI=1S/C13H19FN3O8PS/c1-5-3-17(13(27)15-10(5)19)11-8(14)9(18)7(25-11)4-24-26(22,23)16-6(2)12(20)21/h3,6-9,11,18H,4H2,1-2H3,(H,20,21)(H,15,19,27)(H2,16,22,23)/t6-,7-,8?,9+,11-/m0/s1. The van der Waals surface area contributed by atoms with Gasteiger partial charge in [0.15, 0.2) is 17.2 Å². The molecule has 1 aliphatic rings. The van der Waals surface area contributed by atoms with Crippen LogP contribution < -0.4 is 10.6 Å². The summed E-state index contributed by atoms with van der Waals surface area (Å²) >= 11 is 4.96. The molecule has 0 aliphatic carbocycles. The lowest BCUT2D eigenvalue weighted by atomic mass is 10.1. The van der Waals surface area contributed by atoms with Crippen molar-refractivity contribution in [1.29, 1.82) is 0 Å². The zero-order valence-electron chi connectivity index (χ0n) is 14.2. The van der Waals surface area contributed by atoms with Crippen molar-refractivity contribution in [3.8, 4) is 0 Å². The van der Waals surface area contributed by atoms with Crippen LogP contribution in [0, 0.1) is 11.7 Å². The fraction of sp³-hybridized carbons (Fsp3) is 0.615. The summed E-state index contributed by atoms with van der Waals surface area (Å²) in [5, 5.41) is 20.6. The van der Waals surface area contributed by atoms with Gasteiger partial charge in [-0.25, -0.2) is 14.0 Å². The predicted molar refractivity (Wildman–Crippen MR) is 91.4 cm³/mol. The van der Waals surface area contributed by atoms with Crippen LogP contribution in [0.5, 0.6) is 0 Å². The van der Waals surface area contributed by atoms with E-state index in [0.717, 1.165) is 11.5 Å². The Kier molecular flexibility index (Phi) is 6.68. The molecule has 14 heteroatoms. The Morgan fingerprint density at radius 2 is 2.26 bits per heavy atom. The maximum atomic E-state index is 14.5. The second kappa shape index (κ2) is 8.27. The van der Waals surface area contributed by atoms with Gasteiger partial charge in [0.25, 0.3) is 5.56 Å². The number of halogens is 1. The Hall–Kier alpha value is -1.47. The van der Waals surface area contributed by atoms with Crippen LogP contribution in [0.15, 0.2) is 11.0 Å². The van der Waals surface area contributed by atoms with Crippen LogP contribution >= 0.6 is 20.0 Å². The van der Waals surface area contributed by atoms with Crippen molar-refractivity contribution in [3.63, 3.8) is 0 Å². The third-order valence-corrected chi connectivity index (χ3v) is 5.38. The lowest BCUT2D eigenvalue weighted by Gasteiger charge is -2.20. The Morgan fingerprint density at radius 1 is 1.63 bits per heavy atom. The number of carbonyl (C=O) groups is 1. The van der Waals surface area contributed by atoms with E-state index in [4.69, 9.17) is 26.6 Å². The second-order valence-electron chi connectivity index (χ2n) is 5.98. The maximum absolute atomic E-state index is 14.5. The van der Waals surface area contributed by atoms with Crippen molar-refractivity contribution in [3.05, 3.63) is 26.9 Å². The summed E-state index contributed by atoms with van der Waals surface area (Å²) in [5.41, 5.74) is -0.217. The van der Waals surface area contributed by atoms with E-state index in [9.17, 15) is 28.5 Å². The molecule has 27 heavy (non-hydrogen) atoms. The van der Waals surface area contributed by atoms with Gasteiger partial charge in [-0.3, -0.25) is 23.7 Å². The molecule has 2 heterocycles. The van der Waals surface area contributed by atoms with Crippen molar-refractivity contribution in [2.45, 2.75) is 44.5 Å². The highest BCUT2D eigenvalue weighted by molar-refractivity contribution is 7.71. The van der Waals surface area contributed by atoms with Gasteiger partial charge in [-0.15, -0.1) is 0 Å². The van der Waals surface area contributed by atoms with Crippen LogP contribution in [0.25, 0.3) is 0 Å². The normalized spacial score (nSPS) is 28.6. The van der Waals surface area contributed by atoms with Gasteiger partial charge in [0.1, 0.15) is 18.2 Å². The molecule has 5 N–H and O–H groups in total. The number of nitrogens with zero attached hydrogens (tertiary/aromatic N) is 1. The van der Waals surface area contributed by atoms with Gasteiger partial charge in [0, 0.05) is 11.8 Å². The molecule has 2 rings (SSSR count). The highest BCUT2D eigenvalue weighted by atomic mass is 32.1. The van der Waals surface area contributed by atoms with E-state index < -0.39 is 56.5 Å². The van der Waals surface area contributed by atoms with E-state index >= 15 is 0 Å². The number of alkyl halides is 1. The molecule has 1 aromatic rings. The van der Waals surface area contributed by atoms with E-state index in [-0.39, 0.29) is 10.3 Å². The molecule has 152 valence electrons. The first-order valence-electron chi connectivity index (χ1n) is 7.70. The summed E-state index contributed by atoms with van der Waals surface area (Å²) in [6.07, 6.45) is -5.12. The first-order chi connectivity index (χ1) is 12.4. The minimum Gasteiger partial charge on any atom is -0.480 e. The number of aliphatic hydroxyl groups is 1. The molecule has 1 saturated heterocycles. The van der Waals surface area contributed by atoms with Crippen molar-refractivity contribution in [1.82, 2.24) is 14.6 Å². The number of aryl methyl sites for hydroxylation is 1. The van der Waals surface area contributed by atoms with Gasteiger partial charge in [0.2, 0.25) is 0 Å². The van der Waals surface area contributed by atoms with Crippen LogP contribution in [-0.2, 0) is 18.6 Å². The third-order valence-electron chi connectivity index (χ3n) is 3.85. The molecule has 1 aromatic heterocycles. The number of nitrogens with one attached hydrogen (secondary N) is 2. The molecule has 0 saturated carbocycles. The molecule has 1 fully saturated rings. The molecule has 0 amide bonds. The molecule has 2 unspecified atom stereocenters. The maximum Gasteiger partial charge on any atom is 0.403 e. The number of aliphatic hydroxyl groups excluding tert-OH is 1. The number of hydrogen-bond donors (Lipinski definition) is 5. The summed E-state index contributed by atoms with van der Waals surface area (Å²) in [6.45, 7) is 1.91. The van der Waals surface area contributed by atoms with E-state index in [1.54, 1.807) is 0 Å². The zero-order chi connectivity index (χ0) is 20.5. The van der Waals surface area contributed by atoms with Gasteiger partial charge >= 0.3 is 13.7 Å². The summed E-state index contributed by atoms with van der Waals surface area (Å²) in [4.78, 5) is 34.2. The number of aromatic nitrogens is 2. The molecule has 0 bridgehead atoms. The van der Waals surface area contributed by atoms with Crippen LogP contribution in [0.3, 0.4) is 0 Å². The first-order valence-corrected chi connectivity index (χ1v) is 9.69. The number of carboxylic acids is 1. The highest BCUT2D eigenvalue weighted by Gasteiger charge is 2.46. The smallest absolute Gasteiger partial charge is 0.403 e. The van der Waals surface area contributed by atoms with Gasteiger partial charge < -0.3 is 19.8 Å². The summed E-state index contributed by atoms with van der Waals surface area (Å²) in [6, 6.07) is -1.38. The number of ether oxygens (including phenoxy) is 1. The summed E-state index contributed by atoms with van der Waals surface area (Å²) < 4.78 is 37.3. The zero-order valence-corrected chi connectivity index (χ0v) is 15.9. The van der Waals surface area contributed by atoms with Gasteiger partial charge in [0.05, 0.1) is 6.61 Å². The molecule has 1 aliphatic heterocycles. The van der Waals surface area contributed by atoms with Crippen molar-refractivity contribution in [2.75, 3.05) is 6.61 Å². The van der Waals surface area contributed by atoms with E-state index in [2.05, 4.69) is 4.98 Å². The monoisotopic (exact) mass is 427 g/mol. The third kappa shape index (κ3) is 5.08.